The largest absolute Gasteiger partial charge is 0.491 e. The molecule has 5 N–H and O–H groups in total. The maximum atomic E-state index is 9.33. The third kappa shape index (κ3) is 1.60. The number of fused-ring (bicyclic) bond motifs is 1. The lowest BCUT2D eigenvalue weighted by Crippen LogP contribution is -2.21. The number of benzene rings is 1. The summed E-state index contributed by atoms with van der Waals surface area (Å²) < 4.78 is 10.3. The SMILES string of the molecule is COc1c(N)c2c(c(N)c1OC)CN(O)N=C2. The van der Waals surface area contributed by atoms with Gasteiger partial charge >= 0.3 is 0 Å². The Morgan fingerprint density at radius 1 is 1.24 bits per heavy atom. The van der Waals surface area contributed by atoms with Gasteiger partial charge in [-0.2, -0.15) is 10.3 Å². The zero-order valence-corrected chi connectivity index (χ0v) is 9.60. The molecule has 0 atom stereocenters. The van der Waals surface area contributed by atoms with Crippen molar-refractivity contribution in [1.82, 2.24) is 5.17 Å². The monoisotopic (exact) mass is 238 g/mol. The highest BCUT2D eigenvalue weighted by Gasteiger charge is 2.24. The first-order valence-corrected chi connectivity index (χ1v) is 4.92. The third-order valence-electron chi connectivity index (χ3n) is 2.66. The summed E-state index contributed by atoms with van der Waals surface area (Å²) in [4.78, 5) is 0. The van der Waals surface area contributed by atoms with Gasteiger partial charge in [-0.3, -0.25) is 5.21 Å². The van der Waals surface area contributed by atoms with Gasteiger partial charge < -0.3 is 20.9 Å². The van der Waals surface area contributed by atoms with Crippen LogP contribution in [0.15, 0.2) is 5.10 Å². The van der Waals surface area contributed by atoms with E-state index in [0.29, 0.717) is 34.0 Å². The Balaban J connectivity index is 2.72. The Morgan fingerprint density at radius 2 is 1.82 bits per heavy atom. The molecule has 0 saturated carbocycles. The van der Waals surface area contributed by atoms with Crippen LogP contribution in [0.3, 0.4) is 0 Å². The number of hydrazone groups is 1. The predicted molar refractivity (Wildman–Crippen MR) is 63.3 cm³/mol. The Bertz CT molecular complexity index is 487. The molecular formula is C10H14N4O3. The predicted octanol–water partition coefficient (Wildman–Crippen LogP) is 0.407. The highest BCUT2D eigenvalue weighted by molar-refractivity contribution is 5.96. The minimum atomic E-state index is 0.155. The average molecular weight is 238 g/mol. The lowest BCUT2D eigenvalue weighted by molar-refractivity contribution is -0.0989. The van der Waals surface area contributed by atoms with Crippen molar-refractivity contribution in [2.24, 2.45) is 5.10 Å². The number of rotatable bonds is 2. The number of nitrogens with zero attached hydrogens (tertiary/aromatic N) is 2. The van der Waals surface area contributed by atoms with Gasteiger partial charge in [-0.05, 0) is 0 Å². The minimum absolute atomic E-state index is 0.155. The lowest BCUT2D eigenvalue weighted by atomic mass is 10.0. The number of anilines is 2. The average Bonchev–Trinajstić information content (AvgIpc) is 2.33. The second kappa shape index (κ2) is 4.02. The van der Waals surface area contributed by atoms with Gasteiger partial charge in [0, 0.05) is 11.1 Å². The van der Waals surface area contributed by atoms with E-state index in [2.05, 4.69) is 5.10 Å². The van der Waals surface area contributed by atoms with Crippen molar-refractivity contribution in [3.63, 3.8) is 0 Å². The van der Waals surface area contributed by atoms with E-state index in [-0.39, 0.29) is 6.54 Å². The smallest absolute Gasteiger partial charge is 0.186 e. The van der Waals surface area contributed by atoms with Gasteiger partial charge in [-0.1, -0.05) is 0 Å². The van der Waals surface area contributed by atoms with Crippen molar-refractivity contribution < 1.29 is 14.7 Å². The molecule has 17 heavy (non-hydrogen) atoms. The highest BCUT2D eigenvalue weighted by atomic mass is 16.5. The van der Waals surface area contributed by atoms with Crippen LogP contribution in [0.25, 0.3) is 0 Å². The van der Waals surface area contributed by atoms with E-state index >= 15 is 0 Å². The van der Waals surface area contributed by atoms with Gasteiger partial charge in [0.2, 0.25) is 0 Å². The molecule has 0 saturated heterocycles. The molecule has 7 nitrogen and oxygen atoms in total. The molecule has 92 valence electrons. The molecule has 1 aromatic rings. The molecule has 0 aromatic heterocycles. The van der Waals surface area contributed by atoms with Gasteiger partial charge in [-0.25, -0.2) is 0 Å². The summed E-state index contributed by atoms with van der Waals surface area (Å²) in [7, 11) is 2.96. The van der Waals surface area contributed by atoms with Crippen molar-refractivity contribution in [3.05, 3.63) is 11.1 Å². The molecule has 1 heterocycles. The Labute approximate surface area is 98.2 Å². The number of nitrogens with two attached hydrogens (primary N) is 2. The fraction of sp³-hybridized carbons (Fsp3) is 0.300. The van der Waals surface area contributed by atoms with Crippen LogP contribution in [0.4, 0.5) is 11.4 Å². The van der Waals surface area contributed by atoms with Gasteiger partial charge in [0.05, 0.1) is 38.4 Å². The first-order chi connectivity index (χ1) is 8.10. The first kappa shape index (κ1) is 11.3. The zero-order chi connectivity index (χ0) is 12.6. The summed E-state index contributed by atoms with van der Waals surface area (Å²) in [6.45, 7) is 0.155. The van der Waals surface area contributed by atoms with Crippen molar-refractivity contribution in [2.45, 2.75) is 6.54 Å². The molecule has 0 radical (unpaired) electrons. The Kier molecular flexibility index (Phi) is 2.68. The molecule has 0 unspecified atom stereocenters. The van der Waals surface area contributed by atoms with E-state index in [1.807, 2.05) is 0 Å². The van der Waals surface area contributed by atoms with Gasteiger partial charge in [-0.15, -0.1) is 0 Å². The fourth-order valence-corrected chi connectivity index (χ4v) is 1.84. The van der Waals surface area contributed by atoms with Gasteiger partial charge in [0.15, 0.2) is 11.5 Å². The van der Waals surface area contributed by atoms with Crippen LogP contribution < -0.4 is 20.9 Å². The molecule has 0 aliphatic carbocycles. The quantitative estimate of drug-likeness (QED) is 0.644. The Morgan fingerprint density at radius 3 is 2.41 bits per heavy atom. The molecule has 1 aliphatic rings. The summed E-state index contributed by atoms with van der Waals surface area (Å²) in [5.74, 6) is 0.744. The van der Waals surface area contributed by atoms with Crippen LogP contribution in [0.1, 0.15) is 11.1 Å². The van der Waals surface area contributed by atoms with Crippen LogP contribution in [-0.4, -0.2) is 30.8 Å². The molecular weight excluding hydrogens is 224 g/mol. The van der Waals surface area contributed by atoms with Crippen LogP contribution in [0.2, 0.25) is 0 Å². The standard InChI is InChI=1S/C10H14N4O3/c1-16-9-7(11)5-3-13-14(15)4-6(5)8(12)10(9)17-2/h3,15H,4,11-12H2,1-2H3. The summed E-state index contributed by atoms with van der Waals surface area (Å²) >= 11 is 0. The Hall–Kier alpha value is -2.15. The molecule has 7 heteroatoms. The maximum absolute atomic E-state index is 9.33. The molecule has 0 spiro atoms. The van der Waals surface area contributed by atoms with Crippen molar-refractivity contribution in [2.75, 3.05) is 25.7 Å². The van der Waals surface area contributed by atoms with Crippen molar-refractivity contribution >= 4 is 17.6 Å². The van der Waals surface area contributed by atoms with E-state index in [1.54, 1.807) is 0 Å². The number of hydroxylamine groups is 1. The van der Waals surface area contributed by atoms with Crippen molar-refractivity contribution in [1.29, 1.82) is 0 Å². The first-order valence-electron chi connectivity index (χ1n) is 4.92. The topological polar surface area (TPSA) is 106 Å². The number of hydrogen-bond donors (Lipinski definition) is 3. The highest BCUT2D eigenvalue weighted by Crippen LogP contribution is 2.44. The van der Waals surface area contributed by atoms with E-state index in [1.165, 1.54) is 20.4 Å². The minimum Gasteiger partial charge on any atom is -0.491 e. The van der Waals surface area contributed by atoms with E-state index in [9.17, 15) is 5.21 Å². The molecule has 1 aliphatic heterocycles. The second-order valence-corrected chi connectivity index (χ2v) is 3.56. The summed E-state index contributed by atoms with van der Waals surface area (Å²) in [6, 6.07) is 0. The molecule has 0 bridgehead atoms. The molecule has 1 aromatic carbocycles. The van der Waals surface area contributed by atoms with Crippen LogP contribution >= 0.6 is 0 Å². The van der Waals surface area contributed by atoms with Gasteiger partial charge in [0.25, 0.3) is 0 Å². The van der Waals surface area contributed by atoms with Crippen LogP contribution in [-0.2, 0) is 6.54 Å². The van der Waals surface area contributed by atoms with E-state index in [4.69, 9.17) is 20.9 Å². The number of nitrogen functional groups attached to an aromatic ring is 2. The normalized spacial score (nSPS) is 13.5. The maximum Gasteiger partial charge on any atom is 0.186 e. The van der Waals surface area contributed by atoms with Crippen LogP contribution in [0.5, 0.6) is 11.5 Å². The number of ether oxygens (including phenoxy) is 2. The van der Waals surface area contributed by atoms with Crippen LogP contribution in [0, 0.1) is 0 Å². The van der Waals surface area contributed by atoms with E-state index < -0.39 is 0 Å². The second-order valence-electron chi connectivity index (χ2n) is 3.56. The molecule has 0 fully saturated rings. The summed E-state index contributed by atoms with van der Waals surface area (Å²) in [5, 5.41) is 13.8. The van der Waals surface area contributed by atoms with Gasteiger partial charge in [0.1, 0.15) is 0 Å². The summed E-state index contributed by atoms with van der Waals surface area (Å²) in [6.07, 6.45) is 1.44. The third-order valence-corrected chi connectivity index (χ3v) is 2.66. The number of methoxy groups -OCH3 is 2. The summed E-state index contributed by atoms with van der Waals surface area (Å²) in [5.41, 5.74) is 14.0. The molecule has 0 amide bonds. The fourth-order valence-electron chi connectivity index (χ4n) is 1.84. The lowest BCUT2D eigenvalue weighted by Gasteiger charge is -2.23. The molecule has 2 rings (SSSR count). The van der Waals surface area contributed by atoms with Crippen molar-refractivity contribution in [3.8, 4) is 11.5 Å². The van der Waals surface area contributed by atoms with E-state index in [0.717, 1.165) is 5.17 Å². The number of hydrogen-bond acceptors (Lipinski definition) is 7. The zero-order valence-electron chi connectivity index (χ0n) is 9.60.